The summed E-state index contributed by atoms with van der Waals surface area (Å²) in [5.74, 6) is -1.24. The predicted molar refractivity (Wildman–Crippen MR) is 84.8 cm³/mol. The molecule has 0 spiro atoms. The van der Waals surface area contributed by atoms with Gasteiger partial charge in [-0.1, -0.05) is 24.3 Å². The molecule has 0 bridgehead atoms. The molecule has 0 aliphatic carbocycles. The first kappa shape index (κ1) is 16.3. The van der Waals surface area contributed by atoms with Crippen LogP contribution in [0.2, 0.25) is 0 Å². The van der Waals surface area contributed by atoms with Gasteiger partial charge in [-0.3, -0.25) is 9.59 Å². The third kappa shape index (κ3) is 3.76. The van der Waals surface area contributed by atoms with E-state index in [1.54, 1.807) is 13.0 Å². The largest absolute Gasteiger partial charge is 0.481 e. The number of carboxylic acids is 1. The van der Waals surface area contributed by atoms with E-state index in [2.05, 4.69) is 21.2 Å². The van der Waals surface area contributed by atoms with E-state index in [1.165, 1.54) is 0 Å². The topological polar surface area (TPSA) is 79.5 Å². The Morgan fingerprint density at radius 1 is 1.27 bits per heavy atom. The Morgan fingerprint density at radius 3 is 2.50 bits per heavy atom. The van der Waals surface area contributed by atoms with E-state index >= 15 is 0 Å². The molecule has 0 radical (unpaired) electrons. The third-order valence-electron chi connectivity index (χ3n) is 3.34. The Labute approximate surface area is 136 Å². The lowest BCUT2D eigenvalue weighted by Gasteiger charge is -2.19. The van der Waals surface area contributed by atoms with Crippen LogP contribution in [0.4, 0.5) is 0 Å². The number of aliphatic carboxylic acids is 1. The Bertz CT molecular complexity index is 708. The van der Waals surface area contributed by atoms with Crippen LogP contribution in [0, 0.1) is 13.8 Å². The van der Waals surface area contributed by atoms with Gasteiger partial charge in [0.1, 0.15) is 0 Å². The molecular weight excluding hydrogens is 350 g/mol. The summed E-state index contributed by atoms with van der Waals surface area (Å²) >= 11 is 3.17. The zero-order chi connectivity index (χ0) is 16.3. The van der Waals surface area contributed by atoms with Crippen LogP contribution in [0.25, 0.3) is 0 Å². The zero-order valence-corrected chi connectivity index (χ0v) is 13.8. The van der Waals surface area contributed by atoms with Crippen molar-refractivity contribution in [2.45, 2.75) is 26.3 Å². The lowest BCUT2D eigenvalue weighted by atomic mass is 9.98. The van der Waals surface area contributed by atoms with Crippen molar-refractivity contribution in [1.82, 2.24) is 5.32 Å². The van der Waals surface area contributed by atoms with E-state index < -0.39 is 17.9 Å². The van der Waals surface area contributed by atoms with Gasteiger partial charge in [-0.15, -0.1) is 0 Å². The fourth-order valence-corrected chi connectivity index (χ4v) is 2.79. The Kier molecular flexibility index (Phi) is 5.03. The molecule has 1 amide bonds. The van der Waals surface area contributed by atoms with E-state index in [0.717, 1.165) is 11.1 Å². The highest BCUT2D eigenvalue weighted by Crippen LogP contribution is 2.24. The lowest BCUT2D eigenvalue weighted by Crippen LogP contribution is -2.30. The SMILES string of the molecule is Cc1ccccc1C(CC(=O)O)NC(=O)c1oc(Br)cc1C. The molecule has 0 saturated carbocycles. The third-order valence-corrected chi connectivity index (χ3v) is 3.73. The van der Waals surface area contributed by atoms with Crippen LogP contribution in [0.5, 0.6) is 0 Å². The molecule has 1 unspecified atom stereocenters. The number of aryl methyl sites for hydroxylation is 2. The smallest absolute Gasteiger partial charge is 0.305 e. The summed E-state index contributed by atoms with van der Waals surface area (Å²) in [6.07, 6.45) is -0.197. The fraction of sp³-hybridized carbons (Fsp3) is 0.250. The van der Waals surface area contributed by atoms with Gasteiger partial charge in [-0.2, -0.15) is 0 Å². The number of benzene rings is 1. The minimum atomic E-state index is -0.981. The van der Waals surface area contributed by atoms with Crippen LogP contribution >= 0.6 is 15.9 Å². The molecular formula is C16H16BrNO4. The van der Waals surface area contributed by atoms with Crippen LogP contribution in [0.3, 0.4) is 0 Å². The van der Waals surface area contributed by atoms with E-state index in [1.807, 2.05) is 31.2 Å². The Hall–Kier alpha value is -2.08. The number of amides is 1. The van der Waals surface area contributed by atoms with Gasteiger partial charge in [0.05, 0.1) is 12.5 Å². The van der Waals surface area contributed by atoms with Crippen LogP contribution in [-0.4, -0.2) is 17.0 Å². The van der Waals surface area contributed by atoms with Gasteiger partial charge in [0.2, 0.25) is 0 Å². The highest BCUT2D eigenvalue weighted by Gasteiger charge is 2.23. The molecule has 22 heavy (non-hydrogen) atoms. The summed E-state index contributed by atoms with van der Waals surface area (Å²) in [4.78, 5) is 23.4. The highest BCUT2D eigenvalue weighted by atomic mass is 79.9. The predicted octanol–water partition coefficient (Wildman–Crippen LogP) is 3.60. The van der Waals surface area contributed by atoms with Gasteiger partial charge in [-0.05, 0) is 47.0 Å². The van der Waals surface area contributed by atoms with Crippen molar-refractivity contribution in [2.24, 2.45) is 0 Å². The van der Waals surface area contributed by atoms with Crippen LogP contribution < -0.4 is 5.32 Å². The van der Waals surface area contributed by atoms with E-state index in [4.69, 9.17) is 9.52 Å². The van der Waals surface area contributed by atoms with Gasteiger partial charge in [0.25, 0.3) is 5.91 Å². The van der Waals surface area contributed by atoms with Crippen molar-refractivity contribution in [3.63, 3.8) is 0 Å². The molecule has 1 aromatic carbocycles. The fourth-order valence-electron chi connectivity index (χ4n) is 2.28. The van der Waals surface area contributed by atoms with E-state index in [-0.39, 0.29) is 12.2 Å². The average Bonchev–Trinajstić information content (AvgIpc) is 2.77. The minimum absolute atomic E-state index is 0.177. The number of hydrogen-bond donors (Lipinski definition) is 2. The monoisotopic (exact) mass is 365 g/mol. The van der Waals surface area contributed by atoms with Crippen molar-refractivity contribution in [3.8, 4) is 0 Å². The van der Waals surface area contributed by atoms with Gasteiger partial charge in [-0.25, -0.2) is 0 Å². The standard InChI is InChI=1S/C16H16BrNO4/c1-9-5-3-4-6-11(9)12(8-14(19)20)18-16(21)15-10(2)7-13(17)22-15/h3-7,12H,8H2,1-2H3,(H,18,21)(H,19,20). The molecule has 1 aromatic heterocycles. The van der Waals surface area contributed by atoms with Gasteiger partial charge < -0.3 is 14.8 Å². The molecule has 6 heteroatoms. The summed E-state index contributed by atoms with van der Waals surface area (Å²) in [6.45, 7) is 3.63. The van der Waals surface area contributed by atoms with Crippen LogP contribution in [-0.2, 0) is 4.79 Å². The minimum Gasteiger partial charge on any atom is -0.481 e. The second-order valence-corrected chi connectivity index (χ2v) is 5.82. The van der Waals surface area contributed by atoms with Gasteiger partial charge in [0.15, 0.2) is 10.4 Å². The number of rotatable bonds is 5. The Balaban J connectivity index is 2.27. The van der Waals surface area contributed by atoms with E-state index in [0.29, 0.717) is 10.2 Å². The molecule has 116 valence electrons. The number of nitrogens with one attached hydrogen (secondary N) is 1. The maximum absolute atomic E-state index is 12.3. The molecule has 0 fully saturated rings. The zero-order valence-electron chi connectivity index (χ0n) is 12.2. The number of furan rings is 1. The van der Waals surface area contributed by atoms with Crippen LogP contribution in [0.1, 0.15) is 39.7 Å². The van der Waals surface area contributed by atoms with Gasteiger partial charge >= 0.3 is 5.97 Å². The van der Waals surface area contributed by atoms with Crippen molar-refractivity contribution >= 4 is 27.8 Å². The van der Waals surface area contributed by atoms with Crippen molar-refractivity contribution in [3.05, 3.63) is 57.5 Å². The molecule has 2 rings (SSSR count). The summed E-state index contributed by atoms with van der Waals surface area (Å²) < 4.78 is 5.76. The Morgan fingerprint density at radius 2 is 1.95 bits per heavy atom. The lowest BCUT2D eigenvalue weighted by molar-refractivity contribution is -0.137. The number of hydrogen-bond acceptors (Lipinski definition) is 3. The van der Waals surface area contributed by atoms with E-state index in [9.17, 15) is 9.59 Å². The number of halogens is 1. The first-order chi connectivity index (χ1) is 10.4. The summed E-state index contributed by atoms with van der Waals surface area (Å²) in [6, 6.07) is 8.45. The molecule has 0 aliphatic rings. The first-order valence-corrected chi connectivity index (χ1v) is 7.52. The summed E-state index contributed by atoms with van der Waals surface area (Å²) in [7, 11) is 0. The van der Waals surface area contributed by atoms with Gasteiger partial charge in [0, 0.05) is 5.56 Å². The molecule has 1 heterocycles. The molecule has 1 atom stereocenters. The molecule has 0 saturated heterocycles. The second kappa shape index (κ2) is 6.79. The molecule has 2 aromatic rings. The van der Waals surface area contributed by atoms with Crippen molar-refractivity contribution < 1.29 is 19.1 Å². The first-order valence-electron chi connectivity index (χ1n) is 6.72. The molecule has 2 N–H and O–H groups in total. The summed E-state index contributed by atoms with van der Waals surface area (Å²) in [5.41, 5.74) is 2.39. The van der Waals surface area contributed by atoms with Crippen molar-refractivity contribution in [2.75, 3.05) is 0 Å². The normalized spacial score (nSPS) is 12.0. The number of carbonyl (C=O) groups is 2. The summed E-state index contributed by atoms with van der Waals surface area (Å²) in [5, 5.41) is 11.8. The number of carbonyl (C=O) groups excluding carboxylic acids is 1. The van der Waals surface area contributed by atoms with Crippen LogP contribution in [0.15, 0.2) is 39.4 Å². The second-order valence-electron chi connectivity index (χ2n) is 5.04. The quantitative estimate of drug-likeness (QED) is 0.847. The molecule has 0 aliphatic heterocycles. The average molecular weight is 366 g/mol. The number of carboxylic acid groups (broad SMARTS) is 1. The molecule has 5 nitrogen and oxygen atoms in total. The maximum atomic E-state index is 12.3. The van der Waals surface area contributed by atoms with Crippen molar-refractivity contribution in [1.29, 1.82) is 0 Å². The maximum Gasteiger partial charge on any atom is 0.305 e. The highest BCUT2D eigenvalue weighted by molar-refractivity contribution is 9.10.